The second-order valence-corrected chi connectivity index (χ2v) is 5.12. The fourth-order valence-electron chi connectivity index (χ4n) is 2.54. The molecule has 0 atom stereocenters. The van der Waals surface area contributed by atoms with E-state index >= 15 is 0 Å². The van der Waals surface area contributed by atoms with Crippen molar-refractivity contribution in [1.82, 2.24) is 4.98 Å². The highest BCUT2D eigenvalue weighted by Crippen LogP contribution is 2.34. The monoisotopic (exact) mass is 293 g/mol. The van der Waals surface area contributed by atoms with E-state index in [1.165, 1.54) is 0 Å². The van der Waals surface area contributed by atoms with Crippen LogP contribution in [-0.4, -0.2) is 18.2 Å². The van der Waals surface area contributed by atoms with E-state index in [1.54, 1.807) is 6.20 Å². The molecular weight excluding hydrogens is 278 g/mol. The van der Waals surface area contributed by atoms with Gasteiger partial charge in [-0.15, -0.1) is 0 Å². The molecule has 0 amide bonds. The molecule has 0 saturated heterocycles. The maximum absolute atomic E-state index is 5.89. The van der Waals surface area contributed by atoms with E-state index in [0.717, 1.165) is 33.8 Å². The number of rotatable bonds is 2. The molecule has 2 heterocycles. The van der Waals surface area contributed by atoms with Crippen LogP contribution in [0.25, 0.3) is 10.8 Å². The molecule has 3 aromatic rings. The van der Waals surface area contributed by atoms with E-state index < -0.39 is 0 Å². The van der Waals surface area contributed by atoms with Gasteiger partial charge in [0, 0.05) is 29.0 Å². The average molecular weight is 293 g/mol. The van der Waals surface area contributed by atoms with Crippen LogP contribution in [0.4, 0.5) is 17.2 Å². The third kappa shape index (κ3) is 2.26. The number of nitrogens with two attached hydrogens (primary N) is 1. The highest BCUT2D eigenvalue weighted by atomic mass is 16.6. The van der Waals surface area contributed by atoms with Crippen molar-refractivity contribution in [3.05, 3.63) is 48.7 Å². The van der Waals surface area contributed by atoms with Crippen molar-refractivity contribution in [1.29, 1.82) is 0 Å². The molecule has 5 heteroatoms. The maximum Gasteiger partial charge on any atom is 0.163 e. The molecule has 5 nitrogen and oxygen atoms in total. The first kappa shape index (κ1) is 12.8. The number of anilines is 3. The standard InChI is InChI=1S/C17H15N3O2/c18-12-2-1-11-5-6-19-17(14(11)9-12)20-13-3-4-15-16(10-13)22-8-7-21-15/h1-6,9-10H,7-8,18H2,(H,19,20). The van der Waals surface area contributed by atoms with E-state index in [9.17, 15) is 0 Å². The lowest BCUT2D eigenvalue weighted by atomic mass is 10.1. The summed E-state index contributed by atoms with van der Waals surface area (Å²) in [6, 6.07) is 13.5. The maximum atomic E-state index is 5.89. The van der Waals surface area contributed by atoms with Crippen LogP contribution in [0.1, 0.15) is 0 Å². The zero-order valence-electron chi connectivity index (χ0n) is 11.9. The molecule has 1 aromatic heterocycles. The van der Waals surface area contributed by atoms with Crippen LogP contribution in [0.5, 0.6) is 11.5 Å². The third-order valence-electron chi connectivity index (χ3n) is 3.60. The quantitative estimate of drug-likeness (QED) is 0.709. The van der Waals surface area contributed by atoms with Crippen LogP contribution < -0.4 is 20.5 Å². The summed E-state index contributed by atoms with van der Waals surface area (Å²) in [4.78, 5) is 4.42. The summed E-state index contributed by atoms with van der Waals surface area (Å²) >= 11 is 0. The molecule has 0 radical (unpaired) electrons. The van der Waals surface area contributed by atoms with Gasteiger partial charge in [0.05, 0.1) is 0 Å². The van der Waals surface area contributed by atoms with Gasteiger partial charge in [0.1, 0.15) is 19.0 Å². The average Bonchev–Trinajstić information content (AvgIpc) is 2.55. The van der Waals surface area contributed by atoms with Gasteiger partial charge in [-0.2, -0.15) is 0 Å². The minimum absolute atomic E-state index is 0.569. The number of hydrogen-bond donors (Lipinski definition) is 2. The lowest BCUT2D eigenvalue weighted by Crippen LogP contribution is -2.15. The van der Waals surface area contributed by atoms with Crippen molar-refractivity contribution in [2.75, 3.05) is 24.3 Å². The van der Waals surface area contributed by atoms with Crippen molar-refractivity contribution in [3.8, 4) is 11.5 Å². The number of fused-ring (bicyclic) bond motifs is 2. The fourth-order valence-corrected chi connectivity index (χ4v) is 2.54. The van der Waals surface area contributed by atoms with Crippen molar-refractivity contribution >= 4 is 28.0 Å². The number of hydrogen-bond acceptors (Lipinski definition) is 5. The summed E-state index contributed by atoms with van der Waals surface area (Å²) in [5.74, 6) is 2.28. The Hall–Kier alpha value is -2.95. The molecule has 0 spiro atoms. The summed E-state index contributed by atoms with van der Waals surface area (Å²) in [6.07, 6.45) is 1.78. The van der Waals surface area contributed by atoms with Gasteiger partial charge in [-0.25, -0.2) is 4.98 Å². The Morgan fingerprint density at radius 2 is 1.82 bits per heavy atom. The molecule has 22 heavy (non-hydrogen) atoms. The summed E-state index contributed by atoms with van der Waals surface area (Å²) in [7, 11) is 0. The Morgan fingerprint density at radius 3 is 2.73 bits per heavy atom. The molecule has 1 aliphatic rings. The lowest BCUT2D eigenvalue weighted by Gasteiger charge is -2.19. The van der Waals surface area contributed by atoms with E-state index in [1.807, 2.05) is 42.5 Å². The number of benzene rings is 2. The van der Waals surface area contributed by atoms with Gasteiger partial charge in [-0.1, -0.05) is 6.07 Å². The first-order chi connectivity index (χ1) is 10.8. The number of nitrogens with zero attached hydrogens (tertiary/aromatic N) is 1. The van der Waals surface area contributed by atoms with Gasteiger partial charge in [-0.3, -0.25) is 0 Å². The normalized spacial score (nSPS) is 13.1. The molecule has 0 aliphatic carbocycles. The lowest BCUT2D eigenvalue weighted by molar-refractivity contribution is 0.171. The highest BCUT2D eigenvalue weighted by Gasteiger charge is 2.12. The van der Waals surface area contributed by atoms with E-state index in [0.29, 0.717) is 18.9 Å². The van der Waals surface area contributed by atoms with Crippen LogP contribution in [0.2, 0.25) is 0 Å². The van der Waals surface area contributed by atoms with Gasteiger partial charge in [0.25, 0.3) is 0 Å². The first-order valence-electron chi connectivity index (χ1n) is 7.10. The molecule has 4 rings (SSSR count). The molecule has 110 valence electrons. The predicted octanol–water partition coefficient (Wildman–Crippen LogP) is 3.33. The van der Waals surface area contributed by atoms with E-state index in [4.69, 9.17) is 15.2 Å². The second kappa shape index (κ2) is 5.11. The van der Waals surface area contributed by atoms with Crippen LogP contribution in [0, 0.1) is 0 Å². The topological polar surface area (TPSA) is 69.4 Å². The summed E-state index contributed by atoms with van der Waals surface area (Å²) in [5.41, 5.74) is 7.49. The fraction of sp³-hybridized carbons (Fsp3) is 0.118. The van der Waals surface area contributed by atoms with E-state index in [2.05, 4.69) is 10.3 Å². The van der Waals surface area contributed by atoms with Crippen LogP contribution in [0.15, 0.2) is 48.7 Å². The van der Waals surface area contributed by atoms with Crippen LogP contribution >= 0.6 is 0 Å². The Balaban J connectivity index is 1.73. The third-order valence-corrected chi connectivity index (χ3v) is 3.60. The number of nitrogens with one attached hydrogen (secondary N) is 1. The van der Waals surface area contributed by atoms with E-state index in [-0.39, 0.29) is 0 Å². The largest absolute Gasteiger partial charge is 0.486 e. The minimum Gasteiger partial charge on any atom is -0.486 e. The van der Waals surface area contributed by atoms with Gasteiger partial charge in [-0.05, 0) is 35.7 Å². The van der Waals surface area contributed by atoms with Crippen molar-refractivity contribution < 1.29 is 9.47 Å². The van der Waals surface area contributed by atoms with Gasteiger partial charge in [0.2, 0.25) is 0 Å². The Kier molecular flexibility index (Phi) is 2.96. The summed E-state index contributed by atoms with van der Waals surface area (Å²) in [5, 5.41) is 5.39. The summed E-state index contributed by atoms with van der Waals surface area (Å²) in [6.45, 7) is 1.16. The molecule has 3 N–H and O–H groups in total. The minimum atomic E-state index is 0.569. The van der Waals surface area contributed by atoms with Crippen molar-refractivity contribution in [3.63, 3.8) is 0 Å². The zero-order chi connectivity index (χ0) is 14.9. The SMILES string of the molecule is Nc1ccc2ccnc(Nc3ccc4c(c3)OCCO4)c2c1. The van der Waals surface area contributed by atoms with Crippen molar-refractivity contribution in [2.24, 2.45) is 0 Å². The number of nitrogen functional groups attached to an aromatic ring is 1. The molecule has 0 saturated carbocycles. The molecule has 2 aromatic carbocycles. The highest BCUT2D eigenvalue weighted by molar-refractivity contribution is 5.95. The molecule has 1 aliphatic heterocycles. The zero-order valence-corrected chi connectivity index (χ0v) is 11.9. The smallest absolute Gasteiger partial charge is 0.163 e. The second-order valence-electron chi connectivity index (χ2n) is 5.12. The van der Waals surface area contributed by atoms with Crippen LogP contribution in [0.3, 0.4) is 0 Å². The van der Waals surface area contributed by atoms with Crippen LogP contribution in [-0.2, 0) is 0 Å². The Bertz CT molecular complexity index is 848. The Labute approximate surface area is 127 Å². The van der Waals surface area contributed by atoms with Crippen molar-refractivity contribution in [2.45, 2.75) is 0 Å². The van der Waals surface area contributed by atoms with Gasteiger partial charge < -0.3 is 20.5 Å². The van der Waals surface area contributed by atoms with Gasteiger partial charge >= 0.3 is 0 Å². The molecule has 0 fully saturated rings. The molecular formula is C17H15N3O2. The summed E-state index contributed by atoms with van der Waals surface area (Å²) < 4.78 is 11.1. The molecule has 0 bridgehead atoms. The number of pyridine rings is 1. The van der Waals surface area contributed by atoms with Gasteiger partial charge in [0.15, 0.2) is 11.5 Å². The molecule has 0 unspecified atom stereocenters. The first-order valence-corrected chi connectivity index (χ1v) is 7.10. The number of ether oxygens (including phenoxy) is 2. The number of aromatic nitrogens is 1. The Morgan fingerprint density at radius 1 is 0.955 bits per heavy atom. The predicted molar refractivity (Wildman–Crippen MR) is 86.9 cm³/mol.